The molecule has 0 spiro atoms. The molecule has 0 atom stereocenters. The fourth-order valence-corrected chi connectivity index (χ4v) is 2.70. The van der Waals surface area contributed by atoms with Crippen molar-refractivity contribution in [1.29, 1.82) is 0 Å². The highest BCUT2D eigenvalue weighted by molar-refractivity contribution is 5.77. The number of aromatic amines is 2. The first-order chi connectivity index (χ1) is 11.2. The summed E-state index contributed by atoms with van der Waals surface area (Å²) in [6, 6.07) is 12.6. The van der Waals surface area contributed by atoms with Gasteiger partial charge >= 0.3 is 0 Å². The Bertz CT molecular complexity index is 930. The van der Waals surface area contributed by atoms with Gasteiger partial charge in [-0.05, 0) is 13.0 Å². The lowest BCUT2D eigenvalue weighted by atomic mass is 10.1. The van der Waals surface area contributed by atoms with E-state index in [0.29, 0.717) is 0 Å². The van der Waals surface area contributed by atoms with Crippen molar-refractivity contribution in [2.75, 3.05) is 0 Å². The van der Waals surface area contributed by atoms with Crippen LogP contribution in [0.5, 0.6) is 0 Å². The molecule has 4 aromatic rings. The van der Waals surface area contributed by atoms with Gasteiger partial charge in [0.2, 0.25) is 5.69 Å². The van der Waals surface area contributed by atoms with Crippen molar-refractivity contribution < 1.29 is 4.68 Å². The number of pyridine rings is 1. The molecule has 114 valence electrons. The molecule has 0 amide bonds. The SMILES string of the molecule is Cc1ccc(C[n+]2[nH]c(-c3nc4ccncc4[nH]3)cc2C)cc1. The number of aromatic nitrogens is 5. The first-order valence-corrected chi connectivity index (χ1v) is 7.64. The number of aryl methyl sites for hydroxylation is 2. The molecular weight excluding hydrogens is 286 g/mol. The van der Waals surface area contributed by atoms with E-state index < -0.39 is 0 Å². The van der Waals surface area contributed by atoms with Gasteiger partial charge in [-0.3, -0.25) is 4.98 Å². The number of nitrogens with one attached hydrogen (secondary N) is 2. The van der Waals surface area contributed by atoms with Crippen LogP contribution in [0.3, 0.4) is 0 Å². The predicted molar refractivity (Wildman–Crippen MR) is 88.9 cm³/mol. The monoisotopic (exact) mass is 304 g/mol. The van der Waals surface area contributed by atoms with Gasteiger partial charge in [0, 0.05) is 24.8 Å². The lowest BCUT2D eigenvalue weighted by Gasteiger charge is -1.97. The molecular formula is C18H18N5+. The molecule has 0 fully saturated rings. The van der Waals surface area contributed by atoms with E-state index in [1.807, 2.05) is 6.07 Å². The lowest BCUT2D eigenvalue weighted by molar-refractivity contribution is -0.746. The Balaban J connectivity index is 1.67. The van der Waals surface area contributed by atoms with E-state index in [-0.39, 0.29) is 0 Å². The summed E-state index contributed by atoms with van der Waals surface area (Å²) in [6.07, 6.45) is 3.55. The Morgan fingerprint density at radius 3 is 2.70 bits per heavy atom. The molecule has 1 aromatic carbocycles. The first-order valence-electron chi connectivity index (χ1n) is 7.64. The summed E-state index contributed by atoms with van der Waals surface area (Å²) in [4.78, 5) is 12.0. The third-order valence-electron chi connectivity index (χ3n) is 4.03. The van der Waals surface area contributed by atoms with Gasteiger partial charge < -0.3 is 4.98 Å². The number of H-pyrrole nitrogens is 2. The van der Waals surface area contributed by atoms with Crippen molar-refractivity contribution in [2.24, 2.45) is 0 Å². The van der Waals surface area contributed by atoms with Crippen molar-refractivity contribution in [3.63, 3.8) is 0 Å². The first kappa shape index (κ1) is 13.7. The highest BCUT2D eigenvalue weighted by atomic mass is 15.3. The van der Waals surface area contributed by atoms with Crippen LogP contribution in [0.2, 0.25) is 0 Å². The standard InChI is InChI=1S/C18H17N5/c1-12-3-5-14(6-4-12)11-23-13(2)9-16(22-23)18-20-15-7-8-19-10-17(15)21-18/h3-10H,11H2,1-2H3,(H,19,20,21,22)/p+1. The number of benzene rings is 1. The minimum Gasteiger partial charge on any atom is -0.335 e. The van der Waals surface area contributed by atoms with Gasteiger partial charge in [-0.15, -0.1) is 4.68 Å². The number of fused-ring (bicyclic) bond motifs is 1. The van der Waals surface area contributed by atoms with Crippen molar-refractivity contribution in [3.05, 3.63) is 65.6 Å². The zero-order chi connectivity index (χ0) is 15.8. The smallest absolute Gasteiger partial charge is 0.205 e. The topological polar surface area (TPSA) is 61.2 Å². The summed E-state index contributed by atoms with van der Waals surface area (Å²) in [5.41, 5.74) is 6.56. The maximum Gasteiger partial charge on any atom is 0.205 e. The summed E-state index contributed by atoms with van der Waals surface area (Å²) >= 11 is 0. The van der Waals surface area contributed by atoms with Crippen LogP contribution < -0.4 is 4.68 Å². The van der Waals surface area contributed by atoms with Gasteiger partial charge in [0.1, 0.15) is 5.69 Å². The second kappa shape index (κ2) is 5.35. The second-order valence-corrected chi connectivity index (χ2v) is 5.86. The van der Waals surface area contributed by atoms with E-state index in [4.69, 9.17) is 0 Å². The van der Waals surface area contributed by atoms with Crippen LogP contribution in [0.25, 0.3) is 22.6 Å². The van der Waals surface area contributed by atoms with Crippen LogP contribution in [0.15, 0.2) is 48.8 Å². The van der Waals surface area contributed by atoms with Crippen molar-refractivity contribution in [2.45, 2.75) is 20.4 Å². The number of imidazole rings is 1. The average molecular weight is 304 g/mol. The van der Waals surface area contributed by atoms with Gasteiger partial charge in [0.05, 0.1) is 17.2 Å². The van der Waals surface area contributed by atoms with Crippen LogP contribution >= 0.6 is 0 Å². The molecule has 0 saturated heterocycles. The van der Waals surface area contributed by atoms with E-state index in [1.165, 1.54) is 16.8 Å². The largest absolute Gasteiger partial charge is 0.335 e. The Kier molecular flexibility index (Phi) is 3.19. The molecule has 5 heteroatoms. The van der Waals surface area contributed by atoms with Gasteiger partial charge in [0.25, 0.3) is 0 Å². The maximum absolute atomic E-state index is 4.62. The highest BCUT2D eigenvalue weighted by Crippen LogP contribution is 2.18. The summed E-state index contributed by atoms with van der Waals surface area (Å²) < 4.78 is 2.13. The van der Waals surface area contributed by atoms with Gasteiger partial charge in [-0.2, -0.15) is 5.10 Å². The van der Waals surface area contributed by atoms with Crippen LogP contribution in [0.1, 0.15) is 16.8 Å². The number of hydrogen-bond acceptors (Lipinski definition) is 2. The fourth-order valence-electron chi connectivity index (χ4n) is 2.70. The Morgan fingerprint density at radius 2 is 1.91 bits per heavy atom. The second-order valence-electron chi connectivity index (χ2n) is 5.86. The molecule has 5 nitrogen and oxygen atoms in total. The molecule has 0 bridgehead atoms. The van der Waals surface area contributed by atoms with Crippen LogP contribution in [-0.2, 0) is 6.54 Å². The Morgan fingerprint density at radius 1 is 1.09 bits per heavy atom. The number of nitrogens with zero attached hydrogens (tertiary/aromatic N) is 3. The molecule has 0 aliphatic carbocycles. The summed E-state index contributed by atoms with van der Waals surface area (Å²) in [5, 5.41) is 3.42. The van der Waals surface area contributed by atoms with E-state index >= 15 is 0 Å². The lowest BCUT2D eigenvalue weighted by Crippen LogP contribution is -2.38. The van der Waals surface area contributed by atoms with E-state index in [2.05, 4.69) is 68.9 Å². The Labute approximate surface area is 134 Å². The zero-order valence-electron chi connectivity index (χ0n) is 13.2. The molecule has 0 unspecified atom stereocenters. The third kappa shape index (κ3) is 2.61. The zero-order valence-corrected chi connectivity index (χ0v) is 13.2. The van der Waals surface area contributed by atoms with E-state index in [9.17, 15) is 0 Å². The number of hydrogen-bond donors (Lipinski definition) is 2. The summed E-state index contributed by atoms with van der Waals surface area (Å²) in [7, 11) is 0. The molecule has 0 aliphatic rings. The summed E-state index contributed by atoms with van der Waals surface area (Å²) in [6.45, 7) is 5.01. The van der Waals surface area contributed by atoms with Crippen LogP contribution in [0.4, 0.5) is 0 Å². The summed E-state index contributed by atoms with van der Waals surface area (Å²) in [5.74, 6) is 0.832. The molecule has 3 heterocycles. The maximum atomic E-state index is 4.62. The van der Waals surface area contributed by atoms with E-state index in [0.717, 1.165) is 29.1 Å². The van der Waals surface area contributed by atoms with Gasteiger partial charge in [-0.25, -0.2) is 4.98 Å². The molecule has 4 rings (SSSR count). The third-order valence-corrected chi connectivity index (χ3v) is 4.03. The molecule has 2 N–H and O–H groups in total. The van der Waals surface area contributed by atoms with Crippen LogP contribution in [0, 0.1) is 13.8 Å². The quantitative estimate of drug-likeness (QED) is 0.572. The molecule has 3 aromatic heterocycles. The Hall–Kier alpha value is -2.95. The van der Waals surface area contributed by atoms with Crippen molar-refractivity contribution in [3.8, 4) is 11.5 Å². The molecule has 0 aliphatic heterocycles. The number of rotatable bonds is 3. The minimum atomic E-state index is 0.813. The molecule has 0 radical (unpaired) electrons. The van der Waals surface area contributed by atoms with Crippen molar-refractivity contribution in [1.82, 2.24) is 20.1 Å². The highest BCUT2D eigenvalue weighted by Gasteiger charge is 2.16. The van der Waals surface area contributed by atoms with Crippen molar-refractivity contribution >= 4 is 11.0 Å². The molecule has 0 saturated carbocycles. The molecule has 23 heavy (non-hydrogen) atoms. The predicted octanol–water partition coefficient (Wildman–Crippen LogP) is 2.91. The van der Waals surface area contributed by atoms with Gasteiger partial charge in [0.15, 0.2) is 12.4 Å². The van der Waals surface area contributed by atoms with E-state index in [1.54, 1.807) is 12.4 Å². The fraction of sp³-hybridized carbons (Fsp3) is 0.167. The normalized spacial score (nSPS) is 11.2. The van der Waals surface area contributed by atoms with Gasteiger partial charge in [-0.1, -0.05) is 29.8 Å². The average Bonchev–Trinajstić information content (AvgIpc) is 3.13. The van der Waals surface area contributed by atoms with Crippen LogP contribution in [-0.4, -0.2) is 20.1 Å². The minimum absolute atomic E-state index is 0.813.